The maximum Gasteiger partial charge on any atom is 0.148 e. The van der Waals surface area contributed by atoms with Crippen molar-refractivity contribution in [1.82, 2.24) is 9.13 Å². The molecule has 0 saturated heterocycles. The molecule has 40 heavy (non-hydrogen) atoms. The minimum Gasteiger partial charge on any atom is -0.483 e. The van der Waals surface area contributed by atoms with Gasteiger partial charge in [0.25, 0.3) is 0 Å². The van der Waals surface area contributed by atoms with Crippen molar-refractivity contribution in [2.24, 2.45) is 0 Å². The van der Waals surface area contributed by atoms with E-state index >= 15 is 0 Å². The highest BCUT2D eigenvalue weighted by Gasteiger charge is 2.45. The van der Waals surface area contributed by atoms with Crippen molar-refractivity contribution in [3.8, 4) is 17.1 Å². The first kappa shape index (κ1) is 21.9. The Labute approximate surface area is 231 Å². The summed E-state index contributed by atoms with van der Waals surface area (Å²) in [6.45, 7) is 2.30. The number of allylic oxidation sites excluding steroid dienone is 2. The third-order valence-electron chi connectivity index (χ3n) is 8.97. The summed E-state index contributed by atoms with van der Waals surface area (Å²) in [5, 5.41) is 5.02. The molecule has 3 heterocycles. The molecule has 9 rings (SSSR count). The highest BCUT2D eigenvalue weighted by molar-refractivity contribution is 6.10. The van der Waals surface area contributed by atoms with Crippen molar-refractivity contribution in [3.63, 3.8) is 0 Å². The van der Waals surface area contributed by atoms with Crippen LogP contribution in [0.5, 0.6) is 5.75 Å². The second-order valence-corrected chi connectivity index (χ2v) is 11.1. The molecule has 1 aliphatic carbocycles. The second-order valence-electron chi connectivity index (χ2n) is 11.1. The molecule has 5 aromatic carbocycles. The number of para-hydroxylation sites is 4. The Bertz CT molecular complexity index is 2120. The van der Waals surface area contributed by atoms with Gasteiger partial charge in [0.05, 0.1) is 33.2 Å². The van der Waals surface area contributed by atoms with Gasteiger partial charge in [-0.25, -0.2) is 0 Å². The smallest absolute Gasteiger partial charge is 0.148 e. The van der Waals surface area contributed by atoms with E-state index in [9.17, 15) is 0 Å². The van der Waals surface area contributed by atoms with E-state index in [-0.39, 0.29) is 11.5 Å². The molecule has 1 aliphatic heterocycles. The van der Waals surface area contributed by atoms with Crippen LogP contribution in [0.25, 0.3) is 55.0 Å². The Hall–Kier alpha value is -5.02. The Morgan fingerprint density at radius 2 is 1.10 bits per heavy atom. The third kappa shape index (κ3) is 2.74. The van der Waals surface area contributed by atoms with Crippen molar-refractivity contribution in [2.75, 3.05) is 0 Å². The summed E-state index contributed by atoms with van der Waals surface area (Å²) in [6.07, 6.45) is 8.70. The Morgan fingerprint density at radius 1 is 0.600 bits per heavy atom. The number of benzene rings is 5. The molecule has 2 unspecified atom stereocenters. The van der Waals surface area contributed by atoms with Crippen molar-refractivity contribution >= 4 is 43.6 Å². The van der Waals surface area contributed by atoms with Crippen LogP contribution in [0, 0.1) is 0 Å². The fraction of sp³-hybridized carbons (Fsp3) is 0.0811. The maximum atomic E-state index is 6.85. The molecule has 2 aliphatic rings. The van der Waals surface area contributed by atoms with Gasteiger partial charge >= 0.3 is 0 Å². The molecule has 0 spiro atoms. The summed E-state index contributed by atoms with van der Waals surface area (Å²) >= 11 is 0. The van der Waals surface area contributed by atoms with E-state index in [1.165, 1.54) is 49.2 Å². The minimum atomic E-state index is -0.258. The van der Waals surface area contributed by atoms with Gasteiger partial charge in [0.2, 0.25) is 0 Å². The van der Waals surface area contributed by atoms with Gasteiger partial charge in [-0.2, -0.15) is 0 Å². The monoisotopic (exact) mass is 514 g/mol. The van der Waals surface area contributed by atoms with E-state index in [0.717, 1.165) is 17.1 Å². The highest BCUT2D eigenvalue weighted by Crippen LogP contribution is 2.51. The standard InChI is InChI=1S/C37H26N2O/c1-37-21-11-10-20-35(37)40-36-29(37)22-24(38-30-16-6-2-12-25(30)26-13-3-7-17-31(26)38)23-34(36)39-32-18-8-4-14-27(32)28-15-5-9-19-33(28)39/h2-23,35H,1H3. The average molecular weight is 515 g/mol. The lowest BCUT2D eigenvalue weighted by atomic mass is 9.76. The maximum absolute atomic E-state index is 6.85. The molecule has 3 heteroatoms. The van der Waals surface area contributed by atoms with E-state index in [0.29, 0.717) is 0 Å². The van der Waals surface area contributed by atoms with Crippen LogP contribution in [-0.4, -0.2) is 15.2 Å². The lowest BCUT2D eigenvalue weighted by molar-refractivity contribution is 0.228. The van der Waals surface area contributed by atoms with Gasteiger partial charge in [0, 0.05) is 32.8 Å². The summed E-state index contributed by atoms with van der Waals surface area (Å²) in [4.78, 5) is 0. The van der Waals surface area contributed by atoms with E-state index < -0.39 is 0 Å². The van der Waals surface area contributed by atoms with Gasteiger partial charge in [0.15, 0.2) is 0 Å². The first-order valence-electron chi connectivity index (χ1n) is 13.9. The zero-order chi connectivity index (χ0) is 26.4. The molecule has 190 valence electrons. The van der Waals surface area contributed by atoms with E-state index in [2.05, 4.69) is 150 Å². The zero-order valence-corrected chi connectivity index (χ0v) is 22.1. The Kier molecular flexibility index (Phi) is 4.25. The first-order valence-corrected chi connectivity index (χ1v) is 13.9. The van der Waals surface area contributed by atoms with Crippen LogP contribution in [0.2, 0.25) is 0 Å². The number of hydrogen-bond donors (Lipinski definition) is 0. The number of rotatable bonds is 2. The fourth-order valence-electron chi connectivity index (χ4n) is 7.05. The van der Waals surface area contributed by atoms with Gasteiger partial charge in [-0.15, -0.1) is 0 Å². The highest BCUT2D eigenvalue weighted by atomic mass is 16.5. The molecule has 0 amide bonds. The van der Waals surface area contributed by atoms with Crippen molar-refractivity contribution in [1.29, 1.82) is 0 Å². The molecular formula is C37H26N2O. The van der Waals surface area contributed by atoms with Gasteiger partial charge in [-0.1, -0.05) is 91.0 Å². The number of fused-ring (bicyclic) bond motifs is 9. The van der Waals surface area contributed by atoms with Crippen LogP contribution < -0.4 is 4.74 Å². The summed E-state index contributed by atoms with van der Waals surface area (Å²) < 4.78 is 11.7. The number of nitrogens with zero attached hydrogens (tertiary/aromatic N) is 2. The molecule has 2 atom stereocenters. The molecule has 7 aromatic rings. The van der Waals surface area contributed by atoms with E-state index in [4.69, 9.17) is 4.74 Å². The lowest BCUT2D eigenvalue weighted by Gasteiger charge is -2.27. The van der Waals surface area contributed by atoms with Crippen molar-refractivity contribution in [3.05, 3.63) is 139 Å². The Balaban J connectivity index is 1.45. The number of aromatic nitrogens is 2. The number of hydrogen-bond acceptors (Lipinski definition) is 1. The first-order chi connectivity index (χ1) is 19.7. The minimum absolute atomic E-state index is 0.0484. The van der Waals surface area contributed by atoms with Crippen LogP contribution in [0.3, 0.4) is 0 Å². The predicted octanol–water partition coefficient (Wildman–Crippen LogP) is 9.03. The largest absolute Gasteiger partial charge is 0.483 e. The molecule has 3 nitrogen and oxygen atoms in total. The lowest BCUT2D eigenvalue weighted by Crippen LogP contribution is -2.32. The van der Waals surface area contributed by atoms with Crippen LogP contribution in [0.1, 0.15) is 12.5 Å². The molecule has 0 bridgehead atoms. The van der Waals surface area contributed by atoms with Gasteiger partial charge in [-0.05, 0) is 49.4 Å². The third-order valence-corrected chi connectivity index (χ3v) is 8.97. The zero-order valence-electron chi connectivity index (χ0n) is 22.1. The average Bonchev–Trinajstić information content (AvgIpc) is 3.62. The summed E-state index contributed by atoms with van der Waals surface area (Å²) in [6, 6.07) is 39.5. The Morgan fingerprint density at radius 3 is 1.65 bits per heavy atom. The van der Waals surface area contributed by atoms with Crippen LogP contribution in [0.4, 0.5) is 0 Å². The van der Waals surface area contributed by atoms with Gasteiger partial charge in [-0.3, -0.25) is 0 Å². The van der Waals surface area contributed by atoms with Crippen molar-refractivity contribution in [2.45, 2.75) is 18.4 Å². The van der Waals surface area contributed by atoms with Crippen molar-refractivity contribution < 1.29 is 4.74 Å². The molecule has 0 radical (unpaired) electrons. The SMILES string of the molecule is CC12C=CC=CC1Oc1c(-n3c4ccccc4c4ccccc43)cc(-n3c4ccccc4c4ccccc43)cc12. The summed E-state index contributed by atoms with van der Waals surface area (Å²) in [5.74, 6) is 0.958. The second kappa shape index (κ2) is 7.77. The van der Waals surface area contributed by atoms with Crippen LogP contribution in [0.15, 0.2) is 133 Å². The molecule has 2 aromatic heterocycles. The van der Waals surface area contributed by atoms with E-state index in [1.54, 1.807) is 0 Å². The van der Waals surface area contributed by atoms with Gasteiger partial charge < -0.3 is 13.9 Å². The quantitative estimate of drug-likeness (QED) is 0.225. The molecule has 0 N–H and O–H groups in total. The van der Waals surface area contributed by atoms with E-state index in [1.807, 2.05) is 0 Å². The normalized spacial score (nSPS) is 19.5. The predicted molar refractivity (Wildman–Crippen MR) is 165 cm³/mol. The fourth-order valence-corrected chi connectivity index (χ4v) is 7.05. The topological polar surface area (TPSA) is 19.1 Å². The van der Waals surface area contributed by atoms with Crippen LogP contribution in [-0.2, 0) is 5.41 Å². The van der Waals surface area contributed by atoms with Crippen LogP contribution >= 0.6 is 0 Å². The molecular weight excluding hydrogens is 488 g/mol. The summed E-state index contributed by atoms with van der Waals surface area (Å²) in [7, 11) is 0. The van der Waals surface area contributed by atoms with Gasteiger partial charge in [0.1, 0.15) is 11.9 Å². The number of ether oxygens (including phenoxy) is 1. The molecule has 0 fully saturated rings. The molecule has 0 saturated carbocycles. The summed E-state index contributed by atoms with van der Waals surface area (Å²) in [5.41, 5.74) is 7.94.